The quantitative estimate of drug-likeness (QED) is 0.0396. The van der Waals surface area contributed by atoms with E-state index in [1.807, 2.05) is 140 Å². The maximum atomic E-state index is 13.0. The highest BCUT2D eigenvalue weighted by Crippen LogP contribution is 2.42. The second-order valence-corrected chi connectivity index (χ2v) is 18.0. The van der Waals surface area contributed by atoms with Crippen molar-refractivity contribution in [1.29, 1.82) is 0 Å². The zero-order valence-corrected chi connectivity index (χ0v) is 40.7. The van der Waals surface area contributed by atoms with Crippen molar-refractivity contribution in [2.45, 2.75) is 132 Å². The van der Waals surface area contributed by atoms with E-state index in [2.05, 4.69) is 19.2 Å². The van der Waals surface area contributed by atoms with Gasteiger partial charge in [0.1, 0.15) is 5.54 Å². The van der Waals surface area contributed by atoms with Crippen molar-refractivity contribution >= 4 is 35.9 Å². The highest BCUT2D eigenvalue weighted by Gasteiger charge is 2.41. The summed E-state index contributed by atoms with van der Waals surface area (Å²) in [6.07, 6.45) is 27.9. The van der Waals surface area contributed by atoms with Crippen LogP contribution in [-0.4, -0.2) is 93.9 Å². The molecule has 0 aromatic carbocycles. The molecule has 2 rings (SSSR count). The van der Waals surface area contributed by atoms with Crippen molar-refractivity contribution in [3.63, 3.8) is 0 Å². The molecule has 13 nitrogen and oxygen atoms in total. The molecular weight excluding hydrogens is 843 g/mol. The number of carbonyl (C=O) groups is 6. The van der Waals surface area contributed by atoms with Gasteiger partial charge in [0.05, 0.1) is 32.7 Å². The fourth-order valence-corrected chi connectivity index (χ4v) is 7.02. The molecule has 2 aliphatic carbocycles. The molecule has 1 amide bonds. The predicted octanol–water partition coefficient (Wildman–Crippen LogP) is 8.12. The molecule has 362 valence electrons. The molecule has 0 heterocycles. The maximum absolute atomic E-state index is 13.0. The zero-order chi connectivity index (χ0) is 50.3. The second kappa shape index (κ2) is 28.3. The zero-order valence-electron chi connectivity index (χ0n) is 40.7. The molecule has 0 spiro atoms. The molecule has 0 aromatic heterocycles. The van der Waals surface area contributed by atoms with Gasteiger partial charge in [-0.3, -0.25) is 28.8 Å². The van der Waals surface area contributed by atoms with E-state index in [1.165, 1.54) is 0 Å². The van der Waals surface area contributed by atoms with Gasteiger partial charge in [-0.1, -0.05) is 142 Å². The number of hydrogen-bond acceptors (Lipinski definition) is 11. The van der Waals surface area contributed by atoms with Gasteiger partial charge in [-0.25, -0.2) is 0 Å². The van der Waals surface area contributed by atoms with Crippen LogP contribution in [0.1, 0.15) is 115 Å². The van der Waals surface area contributed by atoms with Crippen molar-refractivity contribution in [3.8, 4) is 0 Å². The summed E-state index contributed by atoms with van der Waals surface area (Å²) in [7, 11) is 0. The topological polar surface area (TPSA) is 214 Å². The Bertz CT molecular complexity index is 2080. The number of carbonyl (C=O) groups excluding carboxylic acids is 5. The van der Waals surface area contributed by atoms with Crippen molar-refractivity contribution in [3.05, 3.63) is 130 Å². The Morgan fingerprint density at radius 1 is 0.636 bits per heavy atom. The van der Waals surface area contributed by atoms with Crippen molar-refractivity contribution < 1.29 is 58.7 Å². The molecule has 2 atom stereocenters. The van der Waals surface area contributed by atoms with Crippen LogP contribution in [0, 0.1) is 10.8 Å². The minimum absolute atomic E-state index is 0.119. The number of ketones is 2. The largest absolute Gasteiger partial charge is 0.481 e. The number of aliphatic carboxylic acids is 1. The molecule has 0 saturated carbocycles. The van der Waals surface area contributed by atoms with Crippen molar-refractivity contribution in [1.82, 2.24) is 5.32 Å². The number of aliphatic hydroxyl groups excluding tert-OH is 3. The van der Waals surface area contributed by atoms with E-state index in [-0.39, 0.29) is 35.8 Å². The van der Waals surface area contributed by atoms with E-state index in [4.69, 9.17) is 29.9 Å². The van der Waals surface area contributed by atoms with Crippen LogP contribution in [0.2, 0.25) is 0 Å². The normalized spacial score (nSPS) is 19.9. The molecule has 0 aromatic rings. The lowest BCUT2D eigenvalue weighted by Crippen LogP contribution is -2.54. The van der Waals surface area contributed by atoms with Crippen LogP contribution < -0.4 is 5.32 Å². The third-order valence-corrected chi connectivity index (χ3v) is 11.1. The van der Waals surface area contributed by atoms with Gasteiger partial charge in [0.25, 0.3) is 0 Å². The summed E-state index contributed by atoms with van der Waals surface area (Å²) in [5.74, 6) is -2.46. The minimum Gasteiger partial charge on any atom is -0.481 e. The molecule has 2 aliphatic rings. The van der Waals surface area contributed by atoms with Gasteiger partial charge in [-0.2, -0.15) is 0 Å². The molecule has 0 bridgehead atoms. The van der Waals surface area contributed by atoms with Gasteiger partial charge in [0, 0.05) is 19.3 Å². The average Bonchev–Trinajstić information content (AvgIpc) is 3.24. The average molecular weight is 916 g/mol. The number of allylic oxidation sites excluding steroid dienone is 20. The summed E-state index contributed by atoms with van der Waals surface area (Å²) >= 11 is 0. The molecule has 66 heavy (non-hydrogen) atoms. The number of rotatable bonds is 22. The predicted molar refractivity (Wildman–Crippen MR) is 258 cm³/mol. The molecule has 0 fully saturated rings. The van der Waals surface area contributed by atoms with Gasteiger partial charge in [0.15, 0.2) is 23.8 Å². The molecule has 0 aliphatic heterocycles. The van der Waals surface area contributed by atoms with Gasteiger partial charge in [-0.05, 0) is 81.1 Å². The molecule has 13 heteroatoms. The number of carboxylic acid groups (broad SMARTS) is 1. The van der Waals surface area contributed by atoms with E-state index in [1.54, 1.807) is 6.92 Å². The summed E-state index contributed by atoms with van der Waals surface area (Å²) in [6.45, 7) is 20.2. The third-order valence-electron chi connectivity index (χ3n) is 11.1. The van der Waals surface area contributed by atoms with Crippen LogP contribution in [0.5, 0.6) is 0 Å². The number of nitrogens with one attached hydrogen (secondary N) is 1. The van der Waals surface area contributed by atoms with Crippen LogP contribution in [0.4, 0.5) is 0 Å². The Balaban J connectivity index is 0.00000193. The van der Waals surface area contributed by atoms with Gasteiger partial charge >= 0.3 is 17.9 Å². The monoisotopic (exact) mass is 916 g/mol. The van der Waals surface area contributed by atoms with Gasteiger partial charge in [0.2, 0.25) is 6.41 Å². The van der Waals surface area contributed by atoms with E-state index in [0.29, 0.717) is 43.2 Å². The minimum atomic E-state index is -1.28. The van der Waals surface area contributed by atoms with Crippen LogP contribution >= 0.6 is 0 Å². The third kappa shape index (κ3) is 19.8. The van der Waals surface area contributed by atoms with E-state index in [0.717, 1.165) is 33.4 Å². The molecular formula is C53H73NO12. The Morgan fingerprint density at radius 3 is 1.33 bits per heavy atom. The van der Waals surface area contributed by atoms with Gasteiger partial charge < -0.3 is 35.2 Å². The van der Waals surface area contributed by atoms with E-state index >= 15 is 0 Å². The Kier molecular flexibility index (Phi) is 25.0. The van der Waals surface area contributed by atoms with Crippen LogP contribution in [0.15, 0.2) is 130 Å². The van der Waals surface area contributed by atoms with Crippen molar-refractivity contribution in [2.24, 2.45) is 10.8 Å². The van der Waals surface area contributed by atoms with Crippen LogP contribution in [0.25, 0.3) is 0 Å². The number of aliphatic hydroxyl groups is 3. The first-order chi connectivity index (χ1) is 30.9. The number of ether oxygens (including phenoxy) is 2. The van der Waals surface area contributed by atoms with E-state index < -0.39 is 54.9 Å². The number of carboxylic acids is 1. The summed E-state index contributed by atoms with van der Waals surface area (Å²) in [5.41, 5.74) is 5.23. The Hall–Kier alpha value is -5.76. The second-order valence-electron chi connectivity index (χ2n) is 18.0. The van der Waals surface area contributed by atoms with Crippen LogP contribution in [-0.2, 0) is 38.2 Å². The van der Waals surface area contributed by atoms with Gasteiger partial charge in [-0.15, -0.1) is 0 Å². The summed E-state index contributed by atoms with van der Waals surface area (Å²) < 4.78 is 10.9. The fourth-order valence-electron chi connectivity index (χ4n) is 7.02. The molecule has 0 saturated heterocycles. The fraction of sp³-hybridized carbons (Fsp3) is 0.472. The first kappa shape index (κ1) is 58.3. The number of hydrogen-bond donors (Lipinski definition) is 5. The summed E-state index contributed by atoms with van der Waals surface area (Å²) in [5, 5.41) is 36.6. The lowest BCUT2D eigenvalue weighted by Gasteiger charge is -2.36. The van der Waals surface area contributed by atoms with E-state index in [9.17, 15) is 28.8 Å². The lowest BCUT2D eigenvalue weighted by molar-refractivity contribution is -0.157. The number of esters is 2. The molecule has 2 unspecified atom stereocenters. The highest BCUT2D eigenvalue weighted by molar-refractivity contribution is 6.02. The molecule has 0 radical (unpaired) electrons. The lowest BCUT2D eigenvalue weighted by atomic mass is 9.71. The van der Waals surface area contributed by atoms with Crippen LogP contribution in [0.3, 0.4) is 0 Å². The SMILES string of the molecule is CCCC(=O)OC1CC(C)(C)C(/C=C/C(C)=C/C=C/C(C)=C/C=C/C=C(C)/C=C/C=C(C)/C=C/C2=C(C)C(=O)C(OC(=O)CCC(=O)O)CC2(C)C)=C(C)C1=O.O=CNC(CO)(CO)CO. The first-order valence-corrected chi connectivity index (χ1v) is 22.2. The smallest absolute Gasteiger partial charge is 0.307 e. The number of Topliss-reactive ketones (excluding diaryl/α,β-unsaturated/α-hetero) is 2. The standard InChI is InChI=1S/C48H62O8.C5H11NO4/c1-12-17-43(51)55-40-30-47(8,9)38(36(6)45(40)53)26-24-34(4)22-15-20-32(2)18-13-14-19-33(3)21-16-23-35(5)25-27-39-37(7)46(54)41(31-48(39,10)11)56-44(52)29-28-42(49)50;7-1-5(2-8,3-9)6-4-10/h13-16,18-27,40-41H,12,17,28-31H2,1-11H3,(H,49,50);4,7-9H,1-3H2,(H,6,10)/b14-13+,20-15+,21-16+,26-24+,27-25+,32-18+,33-19+,34-22+,35-23+;. The Labute approximate surface area is 391 Å². The number of amides is 1. The summed E-state index contributed by atoms with van der Waals surface area (Å²) in [4.78, 5) is 70.7. The summed E-state index contributed by atoms with van der Waals surface area (Å²) in [6, 6.07) is 0. The Morgan fingerprint density at radius 2 is 1.00 bits per heavy atom. The maximum Gasteiger partial charge on any atom is 0.307 e. The van der Waals surface area contributed by atoms with Crippen molar-refractivity contribution in [2.75, 3.05) is 19.8 Å². The first-order valence-electron chi connectivity index (χ1n) is 22.2. The molecule has 5 N–H and O–H groups in total. The highest BCUT2D eigenvalue weighted by atomic mass is 16.6.